The number of aromatic nitrogens is 1. The Morgan fingerprint density at radius 3 is 1.73 bits per heavy atom. The molecule has 70 heavy (non-hydrogen) atoms. The molecule has 23 nitrogen and oxygen atoms in total. The minimum absolute atomic E-state index is 0.214. The first-order valence-corrected chi connectivity index (χ1v) is 21.7. The van der Waals surface area contributed by atoms with Gasteiger partial charge in [0.05, 0.1) is 12.5 Å². The van der Waals surface area contributed by atoms with Gasteiger partial charge < -0.3 is 62.1 Å². The highest BCUT2D eigenvalue weighted by Gasteiger charge is 2.40. The number of benzene rings is 3. The molecule has 0 saturated carbocycles. The first-order valence-electron chi connectivity index (χ1n) is 21.2. The number of carboxylic acid groups (broad SMARTS) is 4. The summed E-state index contributed by atoms with van der Waals surface area (Å²) in [5.41, 5.74) is 1.72. The second-order valence-electron chi connectivity index (χ2n) is 15.8. The van der Waals surface area contributed by atoms with E-state index in [0.29, 0.717) is 27.6 Å². The van der Waals surface area contributed by atoms with Crippen LogP contribution in [0.15, 0.2) is 91.1 Å². The molecule has 1 aromatic heterocycles. The van der Waals surface area contributed by atoms with Crippen molar-refractivity contribution in [2.45, 2.75) is 81.2 Å². The number of aromatic amines is 1. The van der Waals surface area contributed by atoms with Gasteiger partial charge in [0.15, 0.2) is 6.04 Å². The number of hydrogen-bond donors (Lipinski definition) is 12. The van der Waals surface area contributed by atoms with Crippen LogP contribution in [0, 0.1) is 5.92 Å². The lowest BCUT2D eigenvalue weighted by Gasteiger charge is -2.31. The highest BCUT2D eigenvalue weighted by atomic mass is 32.1. The number of carboxylic acids is 4. The average molecular weight is 988 g/mol. The quantitative estimate of drug-likeness (QED) is 0.0206. The number of para-hydroxylation sites is 1. The van der Waals surface area contributed by atoms with Gasteiger partial charge in [-0.1, -0.05) is 78.9 Å². The Morgan fingerprint density at radius 1 is 0.629 bits per heavy atom. The van der Waals surface area contributed by atoms with E-state index in [0.717, 1.165) is 6.92 Å². The zero-order valence-electron chi connectivity index (χ0n) is 37.0. The molecule has 1 unspecified atom stereocenters. The van der Waals surface area contributed by atoms with Gasteiger partial charge in [-0.25, -0.2) is 9.59 Å². The van der Waals surface area contributed by atoms with Crippen molar-refractivity contribution in [2.75, 3.05) is 0 Å². The monoisotopic (exact) mass is 987 g/mol. The Bertz CT molecular complexity index is 2560. The van der Waals surface area contributed by atoms with Crippen molar-refractivity contribution in [2.24, 2.45) is 5.92 Å². The van der Waals surface area contributed by atoms with Crippen LogP contribution in [-0.2, 0) is 64.0 Å². The Balaban J connectivity index is 1.75. The third-order valence-corrected chi connectivity index (χ3v) is 11.0. The molecule has 11 N–H and O–H groups in total. The molecule has 4 aromatic rings. The van der Waals surface area contributed by atoms with Crippen LogP contribution < -0.4 is 31.9 Å². The third-order valence-electron chi connectivity index (χ3n) is 10.7. The molecule has 0 aliphatic rings. The van der Waals surface area contributed by atoms with Gasteiger partial charge in [0.25, 0.3) is 0 Å². The van der Waals surface area contributed by atoms with Crippen molar-refractivity contribution in [1.82, 2.24) is 36.9 Å². The molecule has 0 aliphatic heterocycles. The number of rotatable bonds is 27. The number of thiol groups is 1. The topological polar surface area (TPSA) is 374 Å². The second kappa shape index (κ2) is 25.6. The van der Waals surface area contributed by atoms with Crippen LogP contribution in [0.5, 0.6) is 0 Å². The van der Waals surface area contributed by atoms with E-state index in [-0.39, 0.29) is 12.7 Å². The van der Waals surface area contributed by atoms with Gasteiger partial charge >= 0.3 is 23.9 Å². The summed E-state index contributed by atoms with van der Waals surface area (Å²) < 4.78 is 0. The van der Waals surface area contributed by atoms with Crippen molar-refractivity contribution in [3.8, 4) is 0 Å². The number of nitrogens with one attached hydrogen (secondary N) is 7. The first kappa shape index (κ1) is 54.2. The molecular formula is C46H49N7O16S. The van der Waals surface area contributed by atoms with Crippen LogP contribution >= 0.6 is 12.6 Å². The lowest BCUT2D eigenvalue weighted by molar-refractivity contribution is -0.150. The lowest BCUT2D eigenvalue weighted by Crippen LogP contribution is -2.60. The number of H-pyrrole nitrogens is 1. The SMILES string of the molecule is CC(=O)N[C@H](C=O)CC(=O)N[C@H](CC(C(=O)O)C(=O)N[C@H](C(=O)N[C@@H](CCC(=O)O)C(=O)N[C@@H](Cc1c[nH]c2ccccc12)C(=O)N[C@H](C(=O)O)C(=O)S)C(c1ccccc1)c1ccccc1)C(=O)O. The fourth-order valence-corrected chi connectivity index (χ4v) is 7.52. The van der Waals surface area contributed by atoms with Crippen LogP contribution in [-0.4, -0.2) is 132 Å². The Morgan fingerprint density at radius 2 is 1.20 bits per heavy atom. The van der Waals surface area contributed by atoms with Crippen molar-refractivity contribution in [1.29, 1.82) is 0 Å². The number of carbonyl (C=O) groups is 12. The molecule has 0 saturated heterocycles. The third kappa shape index (κ3) is 15.6. The van der Waals surface area contributed by atoms with Gasteiger partial charge in [-0.05, 0) is 29.2 Å². The normalized spacial score (nSPS) is 13.9. The van der Waals surface area contributed by atoms with Gasteiger partial charge in [-0.3, -0.25) is 43.2 Å². The van der Waals surface area contributed by atoms with E-state index < -0.39 is 138 Å². The van der Waals surface area contributed by atoms with Crippen LogP contribution in [0.1, 0.15) is 55.2 Å². The fourth-order valence-electron chi connectivity index (χ4n) is 7.35. The summed E-state index contributed by atoms with van der Waals surface area (Å²) in [6, 6.07) is 11.6. The first-order chi connectivity index (χ1) is 33.2. The van der Waals surface area contributed by atoms with Gasteiger partial charge in [0.2, 0.25) is 40.6 Å². The van der Waals surface area contributed by atoms with Gasteiger partial charge in [0, 0.05) is 49.2 Å². The maximum absolute atomic E-state index is 14.8. The van der Waals surface area contributed by atoms with Crippen molar-refractivity contribution >= 4 is 94.3 Å². The predicted molar refractivity (Wildman–Crippen MR) is 247 cm³/mol. The molecule has 0 fully saturated rings. The van der Waals surface area contributed by atoms with E-state index in [4.69, 9.17) is 0 Å². The van der Waals surface area contributed by atoms with E-state index in [1.807, 2.05) is 10.6 Å². The highest BCUT2D eigenvalue weighted by molar-refractivity contribution is 7.96. The number of aliphatic carboxylic acids is 4. The fraction of sp³-hybridized carbons (Fsp3) is 0.304. The molecule has 4 rings (SSSR count). The summed E-state index contributed by atoms with van der Waals surface area (Å²) in [7, 11) is 0. The lowest BCUT2D eigenvalue weighted by atomic mass is 9.83. The molecule has 370 valence electrons. The van der Waals surface area contributed by atoms with Crippen LogP contribution in [0.2, 0.25) is 0 Å². The standard InChI is InChI=1S/C46H49N7O16S/c1-23(55)48-27(22-54)19-34(56)49-33(44(65)66)20-29(43(63)64)39(59)52-37(36(24-10-4-2-5-11-24)25-12-6-3-7-13-25)42(62)50-31(16-17-35(57)58)40(60)51-32(41(61)53-38(45(67)68)46(69)70)18-26-21-47-30-15-9-8-14-28(26)30/h2-15,21-22,27,29,31-33,36-38,47H,16-20H2,1H3,(H,48,55)(H,49,56)(H,50,62)(H,51,60)(H,52,59)(H,53,61)(H,57,58)(H,63,64)(H,65,66)(H,67,68)(H,69,70)/t27-,29?,31-,32-,33+,37-,38+/m0/s1. The summed E-state index contributed by atoms with van der Waals surface area (Å²) in [4.78, 5) is 157. The molecule has 7 atom stereocenters. The Kier molecular flexibility index (Phi) is 19.9. The number of aldehydes is 1. The molecule has 0 aliphatic carbocycles. The minimum Gasteiger partial charge on any atom is -0.481 e. The van der Waals surface area contributed by atoms with E-state index in [2.05, 4.69) is 38.9 Å². The molecule has 6 amide bonds. The molecule has 24 heteroatoms. The van der Waals surface area contributed by atoms with Crippen LogP contribution in [0.25, 0.3) is 10.9 Å². The molecule has 3 aromatic carbocycles. The summed E-state index contributed by atoms with van der Waals surface area (Å²) in [6.45, 7) is 1.06. The van der Waals surface area contributed by atoms with Crippen molar-refractivity contribution in [3.63, 3.8) is 0 Å². The number of hydrogen-bond acceptors (Lipinski definition) is 12. The number of carbonyl (C=O) groups excluding carboxylic acids is 8. The molecule has 0 bridgehead atoms. The minimum atomic E-state index is -2.31. The van der Waals surface area contributed by atoms with Crippen LogP contribution in [0.4, 0.5) is 0 Å². The van der Waals surface area contributed by atoms with Gasteiger partial charge in [-0.2, -0.15) is 0 Å². The van der Waals surface area contributed by atoms with E-state index in [1.54, 1.807) is 84.9 Å². The second-order valence-corrected chi connectivity index (χ2v) is 16.2. The molecule has 1 heterocycles. The molecule has 0 spiro atoms. The zero-order valence-corrected chi connectivity index (χ0v) is 37.9. The number of fused-ring (bicyclic) bond motifs is 1. The summed E-state index contributed by atoms with van der Waals surface area (Å²) in [5.74, 6) is -17.3. The summed E-state index contributed by atoms with van der Waals surface area (Å²) in [6.07, 6.45) is -1.92. The molecule has 0 radical (unpaired) electrons. The number of amides is 6. The van der Waals surface area contributed by atoms with Crippen LogP contribution in [0.3, 0.4) is 0 Å². The van der Waals surface area contributed by atoms with Gasteiger partial charge in [-0.15, -0.1) is 12.6 Å². The van der Waals surface area contributed by atoms with E-state index >= 15 is 0 Å². The van der Waals surface area contributed by atoms with Gasteiger partial charge in [0.1, 0.15) is 36.4 Å². The molecular weight excluding hydrogens is 939 g/mol. The van der Waals surface area contributed by atoms with E-state index in [1.165, 1.54) is 6.20 Å². The summed E-state index contributed by atoms with van der Waals surface area (Å²) >= 11 is 3.54. The van der Waals surface area contributed by atoms with Crippen molar-refractivity contribution < 1.29 is 78.0 Å². The zero-order chi connectivity index (χ0) is 51.7. The maximum atomic E-state index is 14.8. The smallest absolute Gasteiger partial charge is 0.335 e. The predicted octanol–water partition coefficient (Wildman–Crippen LogP) is -0.358. The average Bonchev–Trinajstić information content (AvgIpc) is 3.72. The largest absolute Gasteiger partial charge is 0.481 e. The highest BCUT2D eigenvalue weighted by Crippen LogP contribution is 2.29. The Labute approximate surface area is 402 Å². The Hall–Kier alpha value is -8.41. The summed E-state index contributed by atoms with van der Waals surface area (Å²) in [5, 5.41) is 52.3. The maximum Gasteiger partial charge on any atom is 0.335 e. The van der Waals surface area contributed by atoms with Crippen molar-refractivity contribution in [3.05, 3.63) is 108 Å². The van der Waals surface area contributed by atoms with E-state index in [9.17, 15) is 78.0 Å².